The largest absolute Gasteiger partial charge is 0.492 e. The predicted molar refractivity (Wildman–Crippen MR) is 238 cm³/mol. The smallest absolute Gasteiger partial charge is 0.255 e. The summed E-state index contributed by atoms with van der Waals surface area (Å²) < 4.78 is 13.3. The van der Waals surface area contributed by atoms with Gasteiger partial charge in [0.2, 0.25) is 0 Å². The Morgan fingerprint density at radius 3 is 1.30 bits per heavy atom. The molecule has 1 aliphatic rings. The molecular formula is C49H46Br2N2O4. The standard InChI is InChI=1S/C49H46Br2N2O4/c1-31(2)25-27-56-45-23-13-33(29-43(45)50)47(54)52-37-19-15-35(16-20-37)49(41-11-7-5-9-39(41)40-10-6-8-12-42(40)49)36-17-21-38(22-18-36)53-48(55)34-14-24-46(44(51)30-34)57-28-26-32(3)4/h5-24,29-32H,25-28H2,1-4H3,(H,52,54)(H,53,55). The van der Waals surface area contributed by atoms with Crippen LogP contribution in [0.25, 0.3) is 11.1 Å². The molecule has 0 saturated heterocycles. The number of halogens is 2. The summed E-state index contributed by atoms with van der Waals surface area (Å²) in [6.45, 7) is 9.89. The third kappa shape index (κ3) is 8.58. The molecule has 0 unspecified atom stereocenters. The first kappa shape index (κ1) is 40.0. The van der Waals surface area contributed by atoms with Crippen LogP contribution < -0.4 is 20.1 Å². The van der Waals surface area contributed by atoms with E-state index in [2.05, 4.69) is 143 Å². The summed E-state index contributed by atoms with van der Waals surface area (Å²) in [5.41, 5.74) is 8.58. The molecule has 7 rings (SSSR count). The van der Waals surface area contributed by atoms with Gasteiger partial charge < -0.3 is 20.1 Å². The van der Waals surface area contributed by atoms with Crippen LogP contribution in [-0.2, 0) is 5.41 Å². The van der Waals surface area contributed by atoms with Gasteiger partial charge in [-0.05, 0) is 151 Å². The molecular weight excluding hydrogens is 840 g/mol. The average Bonchev–Trinajstić information content (AvgIpc) is 3.50. The Hall–Kier alpha value is -5.18. The molecule has 0 spiro atoms. The number of anilines is 2. The van der Waals surface area contributed by atoms with Crippen molar-refractivity contribution in [2.45, 2.75) is 46.0 Å². The van der Waals surface area contributed by atoms with Gasteiger partial charge in [0, 0.05) is 22.5 Å². The first-order chi connectivity index (χ1) is 27.5. The molecule has 0 radical (unpaired) electrons. The monoisotopic (exact) mass is 884 g/mol. The van der Waals surface area contributed by atoms with Crippen LogP contribution in [0.3, 0.4) is 0 Å². The molecule has 6 aromatic carbocycles. The molecule has 6 nitrogen and oxygen atoms in total. The van der Waals surface area contributed by atoms with Crippen LogP contribution in [0.5, 0.6) is 11.5 Å². The highest BCUT2D eigenvalue weighted by Crippen LogP contribution is 2.56. The van der Waals surface area contributed by atoms with Gasteiger partial charge in [0.25, 0.3) is 11.8 Å². The van der Waals surface area contributed by atoms with Crippen LogP contribution in [0.1, 0.15) is 83.5 Å². The Morgan fingerprint density at radius 2 is 0.930 bits per heavy atom. The van der Waals surface area contributed by atoms with Crippen LogP contribution in [0.15, 0.2) is 142 Å². The maximum atomic E-state index is 13.4. The fourth-order valence-electron chi connectivity index (χ4n) is 7.36. The van der Waals surface area contributed by atoms with Gasteiger partial charge in [-0.2, -0.15) is 0 Å². The third-order valence-corrected chi connectivity index (χ3v) is 11.6. The molecule has 6 aromatic rings. The highest BCUT2D eigenvalue weighted by Gasteiger charge is 2.45. The number of carbonyl (C=O) groups is 2. The van der Waals surface area contributed by atoms with Crippen LogP contribution in [-0.4, -0.2) is 25.0 Å². The van der Waals surface area contributed by atoms with Gasteiger partial charge >= 0.3 is 0 Å². The number of hydrogen-bond acceptors (Lipinski definition) is 4. The minimum absolute atomic E-state index is 0.209. The molecule has 290 valence electrons. The van der Waals surface area contributed by atoms with Crippen molar-refractivity contribution in [1.82, 2.24) is 0 Å². The molecule has 0 aromatic heterocycles. The second-order valence-corrected chi connectivity index (χ2v) is 17.0. The van der Waals surface area contributed by atoms with Gasteiger partial charge in [0.1, 0.15) is 11.5 Å². The summed E-state index contributed by atoms with van der Waals surface area (Å²) in [6, 6.07) is 44.1. The Kier molecular flexibility index (Phi) is 12.3. The molecule has 57 heavy (non-hydrogen) atoms. The van der Waals surface area contributed by atoms with E-state index in [9.17, 15) is 9.59 Å². The van der Waals surface area contributed by atoms with E-state index < -0.39 is 5.41 Å². The van der Waals surface area contributed by atoms with Gasteiger partial charge in [-0.3, -0.25) is 9.59 Å². The zero-order valence-electron chi connectivity index (χ0n) is 32.6. The minimum Gasteiger partial charge on any atom is -0.492 e. The van der Waals surface area contributed by atoms with Gasteiger partial charge in [-0.25, -0.2) is 0 Å². The van der Waals surface area contributed by atoms with E-state index in [0.29, 0.717) is 47.6 Å². The second kappa shape index (κ2) is 17.5. The lowest BCUT2D eigenvalue weighted by Crippen LogP contribution is -2.28. The summed E-state index contributed by atoms with van der Waals surface area (Å²) in [5.74, 6) is 2.11. The maximum absolute atomic E-state index is 13.4. The average molecular weight is 887 g/mol. The van der Waals surface area contributed by atoms with E-state index in [4.69, 9.17) is 9.47 Å². The molecule has 8 heteroatoms. The summed E-state index contributed by atoms with van der Waals surface area (Å²) in [7, 11) is 0. The first-order valence-electron chi connectivity index (χ1n) is 19.4. The summed E-state index contributed by atoms with van der Waals surface area (Å²) in [4.78, 5) is 26.8. The van der Waals surface area contributed by atoms with Crippen molar-refractivity contribution in [3.8, 4) is 22.6 Å². The first-order valence-corrected chi connectivity index (χ1v) is 21.0. The van der Waals surface area contributed by atoms with Crippen molar-refractivity contribution in [1.29, 1.82) is 0 Å². The fourth-order valence-corrected chi connectivity index (χ4v) is 8.35. The van der Waals surface area contributed by atoms with Gasteiger partial charge in [0.05, 0.1) is 27.6 Å². The molecule has 0 bridgehead atoms. The highest BCUT2D eigenvalue weighted by atomic mass is 79.9. The lowest BCUT2D eigenvalue weighted by atomic mass is 9.67. The molecule has 0 heterocycles. The maximum Gasteiger partial charge on any atom is 0.255 e. The van der Waals surface area contributed by atoms with E-state index in [0.717, 1.165) is 44.4 Å². The van der Waals surface area contributed by atoms with Crippen LogP contribution in [0.4, 0.5) is 11.4 Å². The Labute approximate surface area is 352 Å². The molecule has 0 aliphatic heterocycles. The van der Waals surface area contributed by atoms with Gasteiger partial charge in [0.15, 0.2) is 0 Å². The van der Waals surface area contributed by atoms with Crippen LogP contribution in [0.2, 0.25) is 0 Å². The van der Waals surface area contributed by atoms with E-state index >= 15 is 0 Å². The summed E-state index contributed by atoms with van der Waals surface area (Å²) in [5, 5.41) is 6.16. The Bertz CT molecular complexity index is 2220. The van der Waals surface area contributed by atoms with E-state index in [1.807, 2.05) is 36.4 Å². The van der Waals surface area contributed by atoms with Crippen molar-refractivity contribution >= 4 is 55.0 Å². The van der Waals surface area contributed by atoms with E-state index in [1.54, 1.807) is 24.3 Å². The topological polar surface area (TPSA) is 76.7 Å². The number of nitrogens with one attached hydrogen (secondary N) is 2. The van der Waals surface area contributed by atoms with Gasteiger partial charge in [-0.15, -0.1) is 0 Å². The molecule has 2 amide bonds. The van der Waals surface area contributed by atoms with Crippen molar-refractivity contribution < 1.29 is 19.1 Å². The quantitative estimate of drug-likeness (QED) is 0.114. The fraction of sp³-hybridized carbons (Fsp3) is 0.224. The zero-order valence-corrected chi connectivity index (χ0v) is 35.7. The molecule has 1 aliphatic carbocycles. The normalized spacial score (nSPS) is 12.6. The molecule has 0 fully saturated rings. The number of fused-ring (bicyclic) bond motifs is 3. The third-order valence-electron chi connectivity index (χ3n) is 10.4. The zero-order chi connectivity index (χ0) is 40.1. The van der Waals surface area contributed by atoms with Crippen molar-refractivity contribution in [3.05, 3.63) is 176 Å². The number of carbonyl (C=O) groups excluding carboxylic acids is 2. The van der Waals surface area contributed by atoms with Crippen molar-refractivity contribution in [3.63, 3.8) is 0 Å². The highest BCUT2D eigenvalue weighted by molar-refractivity contribution is 9.11. The second-order valence-electron chi connectivity index (χ2n) is 15.3. The number of benzene rings is 6. The minimum atomic E-state index is -0.648. The van der Waals surface area contributed by atoms with E-state index in [-0.39, 0.29) is 11.8 Å². The van der Waals surface area contributed by atoms with Crippen LogP contribution >= 0.6 is 31.9 Å². The number of hydrogen-bond donors (Lipinski definition) is 2. The number of ether oxygens (including phenoxy) is 2. The van der Waals surface area contributed by atoms with Crippen LogP contribution in [0, 0.1) is 11.8 Å². The molecule has 2 N–H and O–H groups in total. The SMILES string of the molecule is CC(C)CCOc1ccc(C(=O)Nc2ccc(C3(c4ccc(NC(=O)c5ccc(OCCC(C)C)c(Br)c5)cc4)c4ccccc4-c4ccccc43)cc2)cc1Br. The number of rotatable bonds is 14. The van der Waals surface area contributed by atoms with E-state index in [1.165, 1.54) is 22.3 Å². The predicted octanol–water partition coefficient (Wildman–Crippen LogP) is 12.9. The molecule has 0 atom stereocenters. The lowest BCUT2D eigenvalue weighted by Gasteiger charge is -2.34. The van der Waals surface area contributed by atoms with Crippen molar-refractivity contribution in [2.24, 2.45) is 11.8 Å². The van der Waals surface area contributed by atoms with Gasteiger partial charge in [-0.1, -0.05) is 100 Å². The summed E-state index contributed by atoms with van der Waals surface area (Å²) in [6.07, 6.45) is 1.91. The van der Waals surface area contributed by atoms with Crippen molar-refractivity contribution in [2.75, 3.05) is 23.8 Å². The Morgan fingerprint density at radius 1 is 0.544 bits per heavy atom. The molecule has 0 saturated carbocycles. The summed E-state index contributed by atoms with van der Waals surface area (Å²) >= 11 is 7.16. The lowest BCUT2D eigenvalue weighted by molar-refractivity contribution is 0.101. The Balaban J connectivity index is 1.15. The number of amides is 2.